The summed E-state index contributed by atoms with van der Waals surface area (Å²) in [7, 11) is 0. The molecule has 1 amide bonds. The van der Waals surface area contributed by atoms with Crippen LogP contribution >= 0.6 is 0 Å². The van der Waals surface area contributed by atoms with Gasteiger partial charge in [-0.15, -0.1) is 0 Å². The summed E-state index contributed by atoms with van der Waals surface area (Å²) < 4.78 is 5.46. The summed E-state index contributed by atoms with van der Waals surface area (Å²) in [6.45, 7) is 8.38. The number of aromatic nitrogens is 1. The SMILES string of the molecule is Cc1cccc([C@@H]2CCCN2C(=O)OC(C)(C)C)n1. The molecule has 1 aliphatic heterocycles. The molecule has 1 fully saturated rings. The van der Waals surface area contributed by atoms with Crippen LogP contribution in [-0.2, 0) is 4.74 Å². The predicted molar refractivity (Wildman–Crippen MR) is 73.9 cm³/mol. The van der Waals surface area contributed by atoms with Gasteiger partial charge in [-0.05, 0) is 52.7 Å². The molecule has 0 aliphatic carbocycles. The van der Waals surface area contributed by atoms with E-state index in [2.05, 4.69) is 4.98 Å². The summed E-state index contributed by atoms with van der Waals surface area (Å²) in [5.41, 5.74) is 1.49. The number of rotatable bonds is 1. The standard InChI is InChI=1S/C15H22N2O2/c1-11-7-5-8-12(16-11)13-9-6-10-17(13)14(18)19-15(2,3)4/h5,7-8,13H,6,9-10H2,1-4H3/t13-/m0/s1. The van der Waals surface area contributed by atoms with E-state index < -0.39 is 5.60 Å². The minimum absolute atomic E-state index is 0.0507. The molecular weight excluding hydrogens is 240 g/mol. The lowest BCUT2D eigenvalue weighted by Crippen LogP contribution is -2.36. The van der Waals surface area contributed by atoms with Crippen LogP contribution in [0.2, 0.25) is 0 Å². The van der Waals surface area contributed by atoms with Crippen LogP contribution in [-0.4, -0.2) is 28.1 Å². The maximum Gasteiger partial charge on any atom is 0.410 e. The Morgan fingerprint density at radius 2 is 2.16 bits per heavy atom. The van der Waals surface area contributed by atoms with Crippen LogP contribution in [0.25, 0.3) is 0 Å². The van der Waals surface area contributed by atoms with Crippen LogP contribution in [0.5, 0.6) is 0 Å². The minimum atomic E-state index is -0.454. The molecule has 1 atom stereocenters. The van der Waals surface area contributed by atoms with Crippen molar-refractivity contribution in [3.63, 3.8) is 0 Å². The van der Waals surface area contributed by atoms with Crippen molar-refractivity contribution in [2.75, 3.05) is 6.54 Å². The molecule has 0 unspecified atom stereocenters. The Bertz CT molecular complexity index is 465. The molecule has 19 heavy (non-hydrogen) atoms. The van der Waals surface area contributed by atoms with Crippen molar-refractivity contribution in [2.45, 2.75) is 52.2 Å². The van der Waals surface area contributed by atoms with E-state index in [1.807, 2.05) is 45.9 Å². The fourth-order valence-electron chi connectivity index (χ4n) is 2.36. The highest BCUT2D eigenvalue weighted by atomic mass is 16.6. The molecule has 4 nitrogen and oxygen atoms in total. The molecule has 0 spiro atoms. The largest absolute Gasteiger partial charge is 0.444 e. The lowest BCUT2D eigenvalue weighted by Gasteiger charge is -2.28. The number of hydrogen-bond acceptors (Lipinski definition) is 3. The van der Waals surface area contributed by atoms with Crippen molar-refractivity contribution in [2.24, 2.45) is 0 Å². The van der Waals surface area contributed by atoms with Crippen LogP contribution in [0.3, 0.4) is 0 Å². The van der Waals surface area contributed by atoms with E-state index in [9.17, 15) is 4.79 Å². The van der Waals surface area contributed by atoms with Gasteiger partial charge in [0.05, 0.1) is 11.7 Å². The monoisotopic (exact) mass is 262 g/mol. The van der Waals surface area contributed by atoms with Crippen LogP contribution in [0, 0.1) is 6.92 Å². The second-order valence-electron chi connectivity index (χ2n) is 6.04. The number of carbonyl (C=O) groups is 1. The average molecular weight is 262 g/mol. The van der Waals surface area contributed by atoms with E-state index in [0.29, 0.717) is 0 Å². The highest BCUT2D eigenvalue weighted by Crippen LogP contribution is 2.32. The van der Waals surface area contributed by atoms with Gasteiger partial charge in [0.2, 0.25) is 0 Å². The van der Waals surface area contributed by atoms with Gasteiger partial charge < -0.3 is 4.74 Å². The van der Waals surface area contributed by atoms with Crippen molar-refractivity contribution < 1.29 is 9.53 Å². The summed E-state index contributed by atoms with van der Waals surface area (Å²) in [5, 5.41) is 0. The fraction of sp³-hybridized carbons (Fsp3) is 0.600. The molecular formula is C15H22N2O2. The van der Waals surface area contributed by atoms with Crippen LogP contribution in [0.15, 0.2) is 18.2 Å². The molecule has 1 aromatic rings. The molecule has 4 heteroatoms. The van der Waals surface area contributed by atoms with Crippen molar-refractivity contribution in [3.05, 3.63) is 29.6 Å². The first-order valence-electron chi connectivity index (χ1n) is 6.80. The van der Waals surface area contributed by atoms with Crippen molar-refractivity contribution in [1.29, 1.82) is 0 Å². The quantitative estimate of drug-likeness (QED) is 0.778. The molecule has 0 aromatic carbocycles. The topological polar surface area (TPSA) is 42.4 Å². The molecule has 1 aliphatic rings. The van der Waals surface area contributed by atoms with Gasteiger partial charge in [0, 0.05) is 12.2 Å². The Morgan fingerprint density at radius 3 is 2.79 bits per heavy atom. The zero-order valence-corrected chi connectivity index (χ0v) is 12.1. The molecule has 0 N–H and O–H groups in total. The summed E-state index contributed by atoms with van der Waals surface area (Å²) in [4.78, 5) is 18.5. The zero-order valence-electron chi connectivity index (χ0n) is 12.1. The number of amides is 1. The fourth-order valence-corrected chi connectivity index (χ4v) is 2.36. The second-order valence-corrected chi connectivity index (χ2v) is 6.04. The number of ether oxygens (including phenoxy) is 1. The first-order chi connectivity index (χ1) is 8.87. The van der Waals surface area contributed by atoms with Crippen molar-refractivity contribution in [1.82, 2.24) is 9.88 Å². The first kappa shape index (κ1) is 13.8. The molecule has 1 aromatic heterocycles. The maximum absolute atomic E-state index is 12.2. The third-order valence-corrected chi connectivity index (χ3v) is 3.13. The van der Waals surface area contributed by atoms with Crippen LogP contribution < -0.4 is 0 Å². The predicted octanol–water partition coefficient (Wildman–Crippen LogP) is 3.46. The van der Waals surface area contributed by atoms with E-state index in [-0.39, 0.29) is 12.1 Å². The third kappa shape index (κ3) is 3.46. The zero-order chi connectivity index (χ0) is 14.0. The van der Waals surface area contributed by atoms with E-state index >= 15 is 0 Å². The van der Waals surface area contributed by atoms with E-state index in [0.717, 1.165) is 30.8 Å². The van der Waals surface area contributed by atoms with E-state index in [1.54, 1.807) is 4.90 Å². The number of carbonyl (C=O) groups excluding carboxylic acids is 1. The lowest BCUT2D eigenvalue weighted by molar-refractivity contribution is 0.0221. The van der Waals surface area contributed by atoms with Crippen molar-refractivity contribution in [3.8, 4) is 0 Å². The number of pyridine rings is 1. The van der Waals surface area contributed by atoms with Crippen LogP contribution in [0.4, 0.5) is 4.79 Å². The van der Waals surface area contributed by atoms with Gasteiger partial charge >= 0.3 is 6.09 Å². The summed E-state index contributed by atoms with van der Waals surface area (Å²) in [6.07, 6.45) is 1.72. The molecule has 0 bridgehead atoms. The Balaban J connectivity index is 2.15. The number of hydrogen-bond donors (Lipinski definition) is 0. The number of aryl methyl sites for hydroxylation is 1. The lowest BCUT2D eigenvalue weighted by atomic mass is 10.1. The Morgan fingerprint density at radius 1 is 1.42 bits per heavy atom. The molecule has 0 radical (unpaired) electrons. The van der Waals surface area contributed by atoms with Gasteiger partial charge in [-0.1, -0.05) is 6.07 Å². The molecule has 0 saturated carbocycles. The van der Waals surface area contributed by atoms with Gasteiger partial charge in [-0.2, -0.15) is 0 Å². The average Bonchev–Trinajstić information content (AvgIpc) is 2.75. The highest BCUT2D eigenvalue weighted by Gasteiger charge is 2.33. The third-order valence-electron chi connectivity index (χ3n) is 3.13. The molecule has 2 rings (SSSR count). The Kier molecular flexibility index (Phi) is 3.78. The van der Waals surface area contributed by atoms with Gasteiger partial charge in [-0.25, -0.2) is 4.79 Å². The number of nitrogens with zero attached hydrogens (tertiary/aromatic N) is 2. The molecule has 1 saturated heterocycles. The van der Waals surface area contributed by atoms with Gasteiger partial charge in [0.25, 0.3) is 0 Å². The molecule has 2 heterocycles. The van der Waals surface area contributed by atoms with Crippen molar-refractivity contribution >= 4 is 6.09 Å². The van der Waals surface area contributed by atoms with Gasteiger partial charge in [0.15, 0.2) is 0 Å². The second kappa shape index (κ2) is 5.19. The molecule has 104 valence electrons. The Hall–Kier alpha value is -1.58. The summed E-state index contributed by atoms with van der Waals surface area (Å²) in [6, 6.07) is 6.00. The maximum atomic E-state index is 12.2. The smallest absolute Gasteiger partial charge is 0.410 e. The van der Waals surface area contributed by atoms with E-state index in [1.165, 1.54) is 0 Å². The first-order valence-corrected chi connectivity index (χ1v) is 6.80. The summed E-state index contributed by atoms with van der Waals surface area (Å²) in [5.74, 6) is 0. The highest BCUT2D eigenvalue weighted by molar-refractivity contribution is 5.69. The number of likely N-dealkylation sites (tertiary alicyclic amines) is 1. The normalized spacial score (nSPS) is 19.6. The van der Waals surface area contributed by atoms with Crippen LogP contribution in [0.1, 0.15) is 51.0 Å². The van der Waals surface area contributed by atoms with Gasteiger partial charge in [0.1, 0.15) is 5.60 Å². The Labute approximate surface area is 114 Å². The summed E-state index contributed by atoms with van der Waals surface area (Å²) >= 11 is 0. The minimum Gasteiger partial charge on any atom is -0.444 e. The van der Waals surface area contributed by atoms with Gasteiger partial charge in [-0.3, -0.25) is 9.88 Å². The van der Waals surface area contributed by atoms with E-state index in [4.69, 9.17) is 4.74 Å².